The summed E-state index contributed by atoms with van der Waals surface area (Å²) in [6.45, 7) is 2.88. The molecule has 8 nitrogen and oxygen atoms in total. The summed E-state index contributed by atoms with van der Waals surface area (Å²) < 4.78 is 7.55. The summed E-state index contributed by atoms with van der Waals surface area (Å²) in [4.78, 5) is 28.1. The summed E-state index contributed by atoms with van der Waals surface area (Å²) in [5.74, 6) is 0.676. The van der Waals surface area contributed by atoms with Gasteiger partial charge in [0.25, 0.3) is 0 Å². The van der Waals surface area contributed by atoms with Crippen molar-refractivity contribution < 1.29 is 9.53 Å². The molecule has 5 rings (SSSR count). The van der Waals surface area contributed by atoms with Gasteiger partial charge in [0.05, 0.1) is 24.3 Å². The highest BCUT2D eigenvalue weighted by Gasteiger charge is 2.30. The second-order valence-corrected chi connectivity index (χ2v) is 8.32. The van der Waals surface area contributed by atoms with E-state index in [1.165, 1.54) is 0 Å². The molecule has 0 saturated carbocycles. The maximum atomic E-state index is 12.8. The van der Waals surface area contributed by atoms with Crippen LogP contribution >= 0.6 is 0 Å². The van der Waals surface area contributed by atoms with Crippen molar-refractivity contribution in [2.24, 2.45) is 0 Å². The molecule has 4 heterocycles. The van der Waals surface area contributed by atoms with Crippen molar-refractivity contribution >= 4 is 17.6 Å². The lowest BCUT2D eigenvalue weighted by molar-refractivity contribution is 0.0696. The molecule has 168 valence electrons. The van der Waals surface area contributed by atoms with E-state index in [0.29, 0.717) is 12.4 Å². The smallest absolute Gasteiger partial charge is 0.410 e. The van der Waals surface area contributed by atoms with E-state index in [1.807, 2.05) is 59.1 Å². The summed E-state index contributed by atoms with van der Waals surface area (Å²) in [5, 5.41) is 3.46. The zero-order chi connectivity index (χ0) is 22.6. The summed E-state index contributed by atoms with van der Waals surface area (Å²) in [6.07, 6.45) is 8.74. The second-order valence-electron chi connectivity index (χ2n) is 8.32. The Morgan fingerprint density at radius 1 is 1.09 bits per heavy atom. The Morgan fingerprint density at radius 2 is 1.94 bits per heavy atom. The predicted molar refractivity (Wildman–Crippen MR) is 126 cm³/mol. The van der Waals surface area contributed by atoms with Crippen LogP contribution in [0.1, 0.15) is 25.3 Å². The molecule has 0 bridgehead atoms. The molecule has 8 heteroatoms. The first-order chi connectivity index (χ1) is 16.2. The number of fused-ring (bicyclic) bond motifs is 1. The standard InChI is InChI=1S/C25H26N6O2/c1-18-10-11-20(16-31(18)25(32)33-17-19-7-3-2-4-8-19)28-23-15-26-13-21(29-23)22-14-27-24-9-5-6-12-30(22)24/h2-9,12-15,18,20H,10-11,16-17H2,1H3,(H,28,29)/t18-,20-/m1/s1. The highest BCUT2D eigenvalue weighted by atomic mass is 16.6. The zero-order valence-electron chi connectivity index (χ0n) is 18.5. The Bertz CT molecular complexity index is 1240. The minimum atomic E-state index is -0.289. The number of hydrogen-bond acceptors (Lipinski definition) is 6. The fraction of sp³-hybridized carbons (Fsp3) is 0.280. The fourth-order valence-corrected chi connectivity index (χ4v) is 4.17. The highest BCUT2D eigenvalue weighted by Crippen LogP contribution is 2.23. The Labute approximate surface area is 192 Å². The molecule has 1 aromatic carbocycles. The van der Waals surface area contributed by atoms with Crippen LogP contribution in [0.3, 0.4) is 0 Å². The van der Waals surface area contributed by atoms with Gasteiger partial charge in [0.15, 0.2) is 0 Å². The van der Waals surface area contributed by atoms with Crippen LogP contribution in [0.4, 0.5) is 10.6 Å². The van der Waals surface area contributed by atoms with E-state index in [2.05, 4.69) is 22.2 Å². The fourth-order valence-electron chi connectivity index (χ4n) is 4.17. The van der Waals surface area contributed by atoms with E-state index in [0.717, 1.165) is 35.4 Å². The molecule has 1 N–H and O–H groups in total. The van der Waals surface area contributed by atoms with Gasteiger partial charge in [0.1, 0.15) is 23.8 Å². The Hall–Kier alpha value is -3.94. The maximum Gasteiger partial charge on any atom is 0.410 e. The number of piperidine rings is 1. The minimum Gasteiger partial charge on any atom is -0.445 e. The highest BCUT2D eigenvalue weighted by molar-refractivity contribution is 5.68. The molecule has 1 aliphatic rings. The van der Waals surface area contributed by atoms with Gasteiger partial charge in [0.2, 0.25) is 0 Å². The molecule has 1 aliphatic heterocycles. The molecule has 33 heavy (non-hydrogen) atoms. The number of pyridine rings is 1. The lowest BCUT2D eigenvalue weighted by Crippen LogP contribution is -2.49. The quantitative estimate of drug-likeness (QED) is 0.493. The van der Waals surface area contributed by atoms with E-state index in [9.17, 15) is 4.79 Å². The number of benzene rings is 1. The van der Waals surface area contributed by atoms with Gasteiger partial charge in [-0.05, 0) is 37.5 Å². The van der Waals surface area contributed by atoms with Gasteiger partial charge >= 0.3 is 6.09 Å². The molecular weight excluding hydrogens is 416 g/mol. The number of anilines is 1. The monoisotopic (exact) mass is 442 g/mol. The van der Waals surface area contributed by atoms with E-state index in [-0.39, 0.29) is 24.8 Å². The van der Waals surface area contributed by atoms with Crippen molar-refractivity contribution in [3.8, 4) is 11.4 Å². The number of nitrogens with one attached hydrogen (secondary N) is 1. The number of aromatic nitrogens is 4. The molecular formula is C25H26N6O2. The predicted octanol–water partition coefficient (Wildman–Crippen LogP) is 4.39. The van der Waals surface area contributed by atoms with E-state index in [1.54, 1.807) is 23.5 Å². The third-order valence-electron chi connectivity index (χ3n) is 5.99. The second kappa shape index (κ2) is 9.28. The Balaban J connectivity index is 1.26. The SMILES string of the molecule is C[C@@H]1CC[C@@H](Nc2cncc(-c3cnc4ccccn34)n2)CN1C(=O)OCc1ccccc1. The van der Waals surface area contributed by atoms with Gasteiger partial charge in [-0.3, -0.25) is 9.38 Å². The van der Waals surface area contributed by atoms with Crippen LogP contribution in [-0.2, 0) is 11.3 Å². The maximum absolute atomic E-state index is 12.8. The van der Waals surface area contributed by atoms with E-state index < -0.39 is 0 Å². The topological polar surface area (TPSA) is 84.7 Å². The third-order valence-corrected chi connectivity index (χ3v) is 5.99. The van der Waals surface area contributed by atoms with Crippen LogP contribution < -0.4 is 5.32 Å². The normalized spacial score (nSPS) is 18.3. The number of carbonyl (C=O) groups excluding carboxylic acids is 1. The molecule has 2 atom stereocenters. The summed E-state index contributed by atoms with van der Waals surface area (Å²) in [6, 6.07) is 15.8. The molecule has 0 unspecified atom stereocenters. The molecule has 1 amide bonds. The van der Waals surface area contributed by atoms with Gasteiger partial charge in [-0.25, -0.2) is 14.8 Å². The number of imidazole rings is 1. The van der Waals surface area contributed by atoms with Crippen molar-refractivity contribution in [3.63, 3.8) is 0 Å². The molecule has 1 fully saturated rings. The summed E-state index contributed by atoms with van der Waals surface area (Å²) >= 11 is 0. The number of amides is 1. The number of carbonyl (C=O) groups is 1. The first-order valence-corrected chi connectivity index (χ1v) is 11.2. The molecule has 1 saturated heterocycles. The average Bonchev–Trinajstić information content (AvgIpc) is 3.29. The van der Waals surface area contributed by atoms with Crippen molar-refractivity contribution in [2.45, 2.75) is 38.5 Å². The Kier molecular flexibility index (Phi) is 5.89. The number of likely N-dealkylation sites (tertiary alicyclic amines) is 1. The summed E-state index contributed by atoms with van der Waals surface area (Å²) in [5.41, 5.74) is 3.45. The zero-order valence-corrected chi connectivity index (χ0v) is 18.5. The van der Waals surface area contributed by atoms with E-state index in [4.69, 9.17) is 9.72 Å². The van der Waals surface area contributed by atoms with Gasteiger partial charge in [-0.1, -0.05) is 36.4 Å². The van der Waals surface area contributed by atoms with Crippen LogP contribution in [0.25, 0.3) is 17.0 Å². The first kappa shape index (κ1) is 20.9. The number of ether oxygens (including phenoxy) is 1. The minimum absolute atomic E-state index is 0.0669. The molecule has 3 aromatic heterocycles. The average molecular weight is 443 g/mol. The van der Waals surface area contributed by atoms with Crippen molar-refractivity contribution in [1.29, 1.82) is 0 Å². The van der Waals surface area contributed by atoms with Crippen LogP contribution in [0, 0.1) is 0 Å². The molecule has 4 aromatic rings. The van der Waals surface area contributed by atoms with Crippen LogP contribution in [0.2, 0.25) is 0 Å². The van der Waals surface area contributed by atoms with Gasteiger partial charge < -0.3 is 15.0 Å². The van der Waals surface area contributed by atoms with Crippen molar-refractivity contribution in [3.05, 3.63) is 78.9 Å². The van der Waals surface area contributed by atoms with Crippen LogP contribution in [0.5, 0.6) is 0 Å². The third kappa shape index (κ3) is 4.64. The van der Waals surface area contributed by atoms with Gasteiger partial charge in [-0.15, -0.1) is 0 Å². The Morgan fingerprint density at radius 3 is 2.82 bits per heavy atom. The van der Waals surface area contributed by atoms with E-state index >= 15 is 0 Å². The van der Waals surface area contributed by atoms with Crippen molar-refractivity contribution in [1.82, 2.24) is 24.3 Å². The largest absolute Gasteiger partial charge is 0.445 e. The first-order valence-electron chi connectivity index (χ1n) is 11.2. The number of nitrogens with zero attached hydrogens (tertiary/aromatic N) is 5. The molecule has 0 radical (unpaired) electrons. The molecule has 0 aliphatic carbocycles. The van der Waals surface area contributed by atoms with Crippen LogP contribution in [-0.4, -0.2) is 49.0 Å². The lowest BCUT2D eigenvalue weighted by atomic mass is 10.00. The summed E-state index contributed by atoms with van der Waals surface area (Å²) in [7, 11) is 0. The number of hydrogen-bond donors (Lipinski definition) is 1. The van der Waals surface area contributed by atoms with Crippen LogP contribution in [0.15, 0.2) is 73.3 Å². The lowest BCUT2D eigenvalue weighted by Gasteiger charge is -2.37. The van der Waals surface area contributed by atoms with Gasteiger partial charge in [0, 0.05) is 24.8 Å². The van der Waals surface area contributed by atoms with Gasteiger partial charge in [-0.2, -0.15) is 0 Å². The molecule has 0 spiro atoms. The van der Waals surface area contributed by atoms with Crippen molar-refractivity contribution in [2.75, 3.05) is 11.9 Å². The number of rotatable bonds is 5.